The van der Waals surface area contributed by atoms with E-state index in [-0.39, 0.29) is 0 Å². The van der Waals surface area contributed by atoms with Crippen molar-refractivity contribution >= 4 is 87.8 Å². The van der Waals surface area contributed by atoms with Gasteiger partial charge in [-0.25, -0.2) is 0 Å². The van der Waals surface area contributed by atoms with Crippen LogP contribution in [0.5, 0.6) is 0 Å². The largest absolute Gasteiger partial charge is 0.761 e. The highest BCUT2D eigenvalue weighted by molar-refractivity contribution is 8.27. The zero-order valence-electron chi connectivity index (χ0n) is 12.6. The molecule has 2 rings (SSSR count). The summed E-state index contributed by atoms with van der Waals surface area (Å²) >= 11 is 24.5. The highest BCUT2D eigenvalue weighted by Crippen LogP contribution is 2.31. The zero-order valence-corrected chi connectivity index (χ0v) is 17.5. The lowest BCUT2D eigenvalue weighted by atomic mass is 10.3. The fourth-order valence-electron chi connectivity index (χ4n) is 1.92. The van der Waals surface area contributed by atoms with Crippen LogP contribution in [-0.4, -0.2) is 25.3 Å². The second kappa shape index (κ2) is 8.64. The summed E-state index contributed by atoms with van der Waals surface area (Å²) in [5.41, 5.74) is 0. The topological polar surface area (TPSA) is 8.17 Å². The number of allylic oxidation sites excluding steroid dienone is 4. The Labute approximate surface area is 166 Å². The van der Waals surface area contributed by atoms with E-state index in [9.17, 15) is 0 Å². The van der Waals surface area contributed by atoms with Crippen LogP contribution in [0.4, 0.5) is 0 Å². The third kappa shape index (κ3) is 4.37. The molecule has 0 aromatic carbocycles. The average molecular weight is 416 g/mol. The van der Waals surface area contributed by atoms with E-state index in [0.717, 1.165) is 41.2 Å². The lowest BCUT2D eigenvalue weighted by molar-refractivity contribution is 0.685. The molecule has 0 atom stereocenters. The van der Waals surface area contributed by atoms with E-state index >= 15 is 0 Å². The average Bonchev–Trinajstić information content (AvgIpc) is 2.94. The molecule has 0 amide bonds. The number of rotatable bonds is 5. The van der Waals surface area contributed by atoms with E-state index in [0.29, 0.717) is 0 Å². The van der Waals surface area contributed by atoms with E-state index in [2.05, 4.69) is 0 Å². The lowest BCUT2D eigenvalue weighted by Gasteiger charge is -2.12. The summed E-state index contributed by atoms with van der Waals surface area (Å²) in [6.45, 7) is 5.72. The van der Waals surface area contributed by atoms with Crippen LogP contribution < -0.4 is 0 Å². The van der Waals surface area contributed by atoms with Crippen molar-refractivity contribution in [2.45, 2.75) is 25.4 Å². The molecule has 2 nitrogen and oxygen atoms in total. The van der Waals surface area contributed by atoms with E-state index in [1.54, 1.807) is 23.1 Å². The minimum absolute atomic E-state index is 0.807. The fraction of sp³-hybridized carbons (Fsp3) is 0.267. The van der Waals surface area contributed by atoms with Gasteiger partial charge >= 0.3 is 0 Å². The van der Waals surface area contributed by atoms with E-state index in [1.165, 1.54) is 0 Å². The number of thiazole rings is 1. The number of hydrogen-bond acceptors (Lipinski definition) is 6. The highest BCUT2D eigenvalue weighted by atomic mass is 32.2. The zero-order chi connectivity index (χ0) is 17.0. The van der Waals surface area contributed by atoms with Gasteiger partial charge in [0.2, 0.25) is 0 Å². The van der Waals surface area contributed by atoms with Gasteiger partial charge in [0, 0.05) is 22.9 Å². The minimum atomic E-state index is 0.807. The first kappa shape index (κ1) is 19.0. The molecule has 0 radical (unpaired) electrons. The molecule has 0 unspecified atom stereocenters. The van der Waals surface area contributed by atoms with Crippen molar-refractivity contribution in [3.8, 4) is 0 Å². The summed E-state index contributed by atoms with van der Waals surface area (Å²) in [5.74, 6) is 0. The summed E-state index contributed by atoms with van der Waals surface area (Å²) < 4.78 is 3.61. The maximum absolute atomic E-state index is 5.41. The summed E-state index contributed by atoms with van der Waals surface area (Å²) in [4.78, 5) is 4.82. The van der Waals surface area contributed by atoms with Gasteiger partial charge in [0.15, 0.2) is 3.95 Å². The Morgan fingerprint density at radius 3 is 2.39 bits per heavy atom. The molecule has 8 heteroatoms. The number of likely N-dealkylation sites (N-methyl/N-ethyl adjacent to an activating group) is 1. The fourth-order valence-corrected chi connectivity index (χ4v) is 5.69. The van der Waals surface area contributed by atoms with Crippen LogP contribution in [0.3, 0.4) is 0 Å². The van der Waals surface area contributed by atoms with Gasteiger partial charge in [-0.2, -0.15) is 0 Å². The molecule has 23 heavy (non-hydrogen) atoms. The predicted molar refractivity (Wildman–Crippen MR) is 116 cm³/mol. The van der Waals surface area contributed by atoms with Gasteiger partial charge in [0.1, 0.15) is 9.31 Å². The molecular formula is C15H15N2S6-. The van der Waals surface area contributed by atoms with Gasteiger partial charge in [-0.05, 0) is 38.2 Å². The Hall–Kier alpha value is -0.380. The molecule has 1 aromatic rings. The van der Waals surface area contributed by atoms with Gasteiger partial charge < -0.3 is 22.1 Å². The quantitative estimate of drug-likeness (QED) is 0.276. The standard InChI is InChI=1S/C15H16N2S6/c1-3-16-12(18)10(22-14(16)20)8-6-5-7-9-11-13(19)17(4-2)15(21)23-11/h5-9,18H,3-4H2,1-2H3/p-1/b7-5+,8-6+,11-9-. The minimum Gasteiger partial charge on any atom is -0.761 e. The predicted octanol–water partition coefficient (Wildman–Crippen LogP) is 5.34. The van der Waals surface area contributed by atoms with Crippen molar-refractivity contribution < 1.29 is 0 Å². The Balaban J connectivity index is 2.05. The van der Waals surface area contributed by atoms with E-state index in [1.807, 2.05) is 53.7 Å². The second-order valence-corrected chi connectivity index (χ2v) is 8.60. The summed E-state index contributed by atoms with van der Waals surface area (Å²) in [6.07, 6.45) is 9.87. The molecule has 1 fully saturated rings. The number of nitrogens with zero attached hydrogens (tertiary/aromatic N) is 2. The normalized spacial score (nSPS) is 17.5. The van der Waals surface area contributed by atoms with Gasteiger partial charge in [-0.1, -0.05) is 59.5 Å². The van der Waals surface area contributed by atoms with Gasteiger partial charge in [-0.15, -0.1) is 11.3 Å². The van der Waals surface area contributed by atoms with Crippen molar-refractivity contribution in [2.24, 2.45) is 0 Å². The third-order valence-electron chi connectivity index (χ3n) is 3.10. The molecule has 0 spiro atoms. The Bertz CT molecular complexity index is 765. The van der Waals surface area contributed by atoms with Crippen LogP contribution in [0, 0.1) is 3.95 Å². The molecule has 1 aliphatic rings. The van der Waals surface area contributed by atoms with Crippen molar-refractivity contribution in [2.75, 3.05) is 6.54 Å². The van der Waals surface area contributed by atoms with Crippen molar-refractivity contribution in [1.82, 2.24) is 9.47 Å². The summed E-state index contributed by atoms with van der Waals surface area (Å²) in [7, 11) is 0. The van der Waals surface area contributed by atoms with Crippen LogP contribution in [0.2, 0.25) is 0 Å². The van der Waals surface area contributed by atoms with Crippen molar-refractivity contribution in [3.63, 3.8) is 0 Å². The molecule has 0 bridgehead atoms. The van der Waals surface area contributed by atoms with Crippen LogP contribution in [0.25, 0.3) is 6.08 Å². The van der Waals surface area contributed by atoms with Crippen molar-refractivity contribution in [3.05, 3.63) is 38.0 Å². The second-order valence-electron chi connectivity index (χ2n) is 4.47. The molecule has 1 saturated heterocycles. The highest BCUT2D eigenvalue weighted by Gasteiger charge is 2.26. The SMILES string of the molecule is CCN1C(=S)S\C(=C/C=C/C=C/c2sc(=S)n(CC)c2[S-])C1=S. The Morgan fingerprint density at radius 1 is 1.09 bits per heavy atom. The molecule has 1 aliphatic heterocycles. The first-order valence-electron chi connectivity index (χ1n) is 6.98. The number of thioether (sulfide) groups is 1. The van der Waals surface area contributed by atoms with Crippen LogP contribution in [0.15, 0.2) is 34.2 Å². The number of hydrogen-bond donors (Lipinski definition) is 0. The third-order valence-corrected chi connectivity index (χ3v) is 7.07. The van der Waals surface area contributed by atoms with Gasteiger partial charge in [0.25, 0.3) is 0 Å². The van der Waals surface area contributed by atoms with Gasteiger partial charge in [0.05, 0.1) is 0 Å². The summed E-state index contributed by atoms with van der Waals surface area (Å²) in [6, 6.07) is 0. The first-order chi connectivity index (χ1) is 11.0. The monoisotopic (exact) mass is 415 g/mol. The van der Waals surface area contributed by atoms with Gasteiger partial charge in [-0.3, -0.25) is 0 Å². The maximum atomic E-state index is 5.41. The Morgan fingerprint density at radius 2 is 1.83 bits per heavy atom. The van der Waals surface area contributed by atoms with Crippen LogP contribution >= 0.6 is 59.8 Å². The molecule has 2 heterocycles. The smallest absolute Gasteiger partial charge is 0.160 e. The lowest BCUT2D eigenvalue weighted by Crippen LogP contribution is -2.25. The molecule has 0 N–H and O–H groups in total. The molecule has 0 saturated carbocycles. The number of aromatic nitrogens is 1. The first-order valence-corrected chi connectivity index (χ1v) is 10.3. The van der Waals surface area contributed by atoms with E-state index in [4.69, 9.17) is 49.3 Å². The maximum Gasteiger partial charge on any atom is 0.160 e. The molecular weight excluding hydrogens is 401 g/mol. The Kier molecular flexibility index (Phi) is 7.12. The van der Waals surface area contributed by atoms with E-state index < -0.39 is 0 Å². The van der Waals surface area contributed by atoms with Crippen molar-refractivity contribution in [1.29, 1.82) is 0 Å². The summed E-state index contributed by atoms with van der Waals surface area (Å²) in [5, 5.41) is 0.807. The van der Waals surface area contributed by atoms with Crippen LogP contribution in [-0.2, 0) is 19.2 Å². The number of thiocarbonyl (C=S) groups is 2. The van der Waals surface area contributed by atoms with Crippen LogP contribution in [0.1, 0.15) is 18.7 Å². The molecule has 1 aromatic heterocycles. The molecule has 122 valence electrons. The molecule has 0 aliphatic carbocycles.